The summed E-state index contributed by atoms with van der Waals surface area (Å²) in [6, 6.07) is 9.99. The Balaban J connectivity index is 0.000000127. The highest BCUT2D eigenvalue weighted by Crippen LogP contribution is 2.40. The van der Waals surface area contributed by atoms with E-state index in [2.05, 4.69) is 51.2 Å². The van der Waals surface area contributed by atoms with Gasteiger partial charge in [0.25, 0.3) is 16.7 Å². The first-order valence-electron chi connectivity index (χ1n) is 25.6. The third kappa shape index (κ3) is 9.34. The second-order valence-electron chi connectivity index (χ2n) is 20.5. The lowest BCUT2D eigenvalue weighted by Crippen LogP contribution is -2.48. The fourth-order valence-corrected chi connectivity index (χ4v) is 11.9. The molecule has 0 radical (unpaired) electrons. The zero-order chi connectivity index (χ0) is 51.9. The first kappa shape index (κ1) is 49.9. The standard InChI is InChI=1S/2C17H22N6O2.C17H22N6O/c2*1-11-7-12(21-15-8-14(18)22(25)10-19-15)16(24)23-13(11)9-20-17(23)5-3-2-4-6-17;1-11-7-12(22-15-8-14(18)19-10-20-15)16(24)23-13(11)9-21-17(23)5-3-2-4-6-17/h2*7-8,10,20,25H,2-6,9,18H2,1H3;7-8,10,21H,2-6,9H2,1H3,(H3,18,19,20,22). The average molecular weight is 1010 g/mol. The maximum Gasteiger partial charge on any atom is 0.278 e. The van der Waals surface area contributed by atoms with E-state index in [1.807, 2.05) is 40.5 Å². The maximum atomic E-state index is 13.2. The van der Waals surface area contributed by atoms with Gasteiger partial charge < -0.3 is 32.9 Å². The van der Waals surface area contributed by atoms with Crippen LogP contribution in [0.25, 0.3) is 0 Å². The topological polar surface area (TPSA) is 319 Å². The molecule has 6 aromatic rings. The number of nitrogens with zero attached hydrogens (tertiary/aromatic N) is 11. The van der Waals surface area contributed by atoms with Gasteiger partial charge in [-0.3, -0.25) is 44.0 Å². The van der Waals surface area contributed by atoms with Gasteiger partial charge in [-0.25, -0.2) is 29.9 Å². The van der Waals surface area contributed by atoms with E-state index in [-0.39, 0.29) is 45.3 Å². The van der Waals surface area contributed by atoms with Gasteiger partial charge in [0.2, 0.25) is 0 Å². The summed E-state index contributed by atoms with van der Waals surface area (Å²) in [4.78, 5) is 64.3. The predicted octanol–water partition coefficient (Wildman–Crippen LogP) is 4.24. The summed E-state index contributed by atoms with van der Waals surface area (Å²) in [6.45, 7) is 8.23. The van der Waals surface area contributed by atoms with E-state index >= 15 is 0 Å². The van der Waals surface area contributed by atoms with Crippen molar-refractivity contribution < 1.29 is 10.4 Å². The number of rotatable bonds is 4. The van der Waals surface area contributed by atoms with Crippen molar-refractivity contribution in [3.63, 3.8) is 0 Å². The quantitative estimate of drug-likeness (QED) is 0.112. The zero-order valence-corrected chi connectivity index (χ0v) is 42.2. The highest BCUT2D eigenvalue weighted by Gasteiger charge is 2.43. The molecule has 6 aromatic heterocycles. The van der Waals surface area contributed by atoms with Crippen molar-refractivity contribution in [3.05, 3.63) is 131 Å². The van der Waals surface area contributed by atoms with Crippen LogP contribution in [0.15, 0.2) is 79.7 Å². The normalized spacial score (nSPS) is 19.1. The number of fused-ring (bicyclic) bond motifs is 6. The van der Waals surface area contributed by atoms with Gasteiger partial charge in [-0.1, -0.05) is 19.3 Å². The van der Waals surface area contributed by atoms with Crippen molar-refractivity contribution in [2.45, 2.75) is 154 Å². The molecular formula is C51H66N18O5. The Labute approximate surface area is 425 Å². The van der Waals surface area contributed by atoms with E-state index in [9.17, 15) is 24.8 Å². The number of aryl methyl sites for hydroxylation is 3. The van der Waals surface area contributed by atoms with Crippen LogP contribution in [-0.2, 0) is 36.6 Å². The molecule has 0 aromatic carbocycles. The Hall–Kier alpha value is -7.63. The molecular weight excluding hydrogens is 945 g/mol. The van der Waals surface area contributed by atoms with Gasteiger partial charge >= 0.3 is 0 Å². The summed E-state index contributed by atoms with van der Waals surface area (Å²) in [6.07, 6.45) is 20.0. The van der Waals surface area contributed by atoms with Gasteiger partial charge in [-0.2, -0.15) is 9.46 Å². The molecule has 0 bridgehead atoms. The Bertz CT molecular complexity index is 3310. The summed E-state index contributed by atoms with van der Waals surface area (Å²) in [5, 5.41) is 32.7. The fraction of sp³-hybridized carbons (Fsp3) is 0.471. The monoisotopic (exact) mass is 1010 g/mol. The molecule has 3 fully saturated rings. The minimum absolute atomic E-state index is 0.000293. The van der Waals surface area contributed by atoms with E-state index in [1.54, 1.807) is 18.2 Å². The zero-order valence-electron chi connectivity index (χ0n) is 42.2. The van der Waals surface area contributed by atoms with Crippen LogP contribution >= 0.6 is 0 Å². The van der Waals surface area contributed by atoms with Crippen molar-refractivity contribution in [2.75, 3.05) is 22.5 Å². The molecule has 12 rings (SSSR count). The number of pyridine rings is 3. The lowest BCUT2D eigenvalue weighted by Gasteiger charge is -2.36. The van der Waals surface area contributed by atoms with Gasteiger partial charge in [0.1, 0.15) is 59.3 Å². The van der Waals surface area contributed by atoms with Gasteiger partial charge in [0.15, 0.2) is 11.0 Å². The Morgan fingerprint density at radius 3 is 1.31 bits per heavy atom. The van der Waals surface area contributed by atoms with Crippen molar-refractivity contribution in [3.8, 4) is 0 Å². The highest BCUT2D eigenvalue weighted by molar-refractivity contribution is 5.59. The SMILES string of the molecule is Cc1cc(N=c2cc(N)n(O)cn2)c(=O)n2c1CNC21CCCCC1.Cc1cc(N=c2cc(N)n(O)cn2)c(=O)n2c1CNC21CCCCC1.Cc1cc(Nc2cc(N)ncn2)c(=O)n2c1CNC21CCCCC1. The van der Waals surface area contributed by atoms with Crippen LogP contribution in [-0.4, -0.2) is 53.5 Å². The predicted molar refractivity (Wildman–Crippen MR) is 278 cm³/mol. The van der Waals surface area contributed by atoms with E-state index in [4.69, 9.17) is 17.2 Å². The largest absolute Gasteiger partial charge is 0.426 e. The van der Waals surface area contributed by atoms with E-state index < -0.39 is 0 Å². The first-order valence-corrected chi connectivity index (χ1v) is 25.6. The molecule has 9 heterocycles. The smallest absolute Gasteiger partial charge is 0.278 e. The lowest BCUT2D eigenvalue weighted by molar-refractivity contribution is 0.165. The third-order valence-electron chi connectivity index (χ3n) is 15.7. The molecule has 23 heteroatoms. The fourth-order valence-electron chi connectivity index (χ4n) is 11.9. The molecule has 74 heavy (non-hydrogen) atoms. The van der Waals surface area contributed by atoms with Crippen LogP contribution in [0.4, 0.5) is 40.3 Å². The molecule has 3 aliphatic heterocycles. The first-order chi connectivity index (χ1) is 35.6. The van der Waals surface area contributed by atoms with Gasteiger partial charge in [-0.15, -0.1) is 0 Å². The molecule has 6 aliphatic rings. The van der Waals surface area contributed by atoms with Crippen LogP contribution in [0.5, 0.6) is 0 Å². The number of hydrogen-bond acceptors (Lipinski definition) is 18. The third-order valence-corrected chi connectivity index (χ3v) is 15.7. The summed E-state index contributed by atoms with van der Waals surface area (Å²) >= 11 is 0. The van der Waals surface area contributed by atoms with Crippen molar-refractivity contribution in [1.82, 2.24) is 59.0 Å². The molecule has 3 spiro atoms. The second-order valence-corrected chi connectivity index (χ2v) is 20.5. The van der Waals surface area contributed by atoms with E-state index in [0.29, 0.717) is 62.2 Å². The summed E-state index contributed by atoms with van der Waals surface area (Å²) < 4.78 is 7.23. The van der Waals surface area contributed by atoms with Crippen molar-refractivity contribution in [2.24, 2.45) is 9.98 Å². The van der Waals surface area contributed by atoms with E-state index in [0.717, 1.165) is 130 Å². The van der Waals surface area contributed by atoms with Crippen LogP contribution in [0.3, 0.4) is 0 Å². The Morgan fingerprint density at radius 1 is 0.527 bits per heavy atom. The highest BCUT2D eigenvalue weighted by atomic mass is 16.5. The number of nitrogens with one attached hydrogen (secondary N) is 4. The second kappa shape index (κ2) is 20.0. The molecule has 3 saturated carbocycles. The van der Waals surface area contributed by atoms with Crippen LogP contribution in [0, 0.1) is 20.8 Å². The minimum atomic E-state index is -0.280. The average Bonchev–Trinajstić information content (AvgIpc) is 4.07. The van der Waals surface area contributed by atoms with Crippen molar-refractivity contribution in [1.29, 1.82) is 0 Å². The molecule has 0 saturated heterocycles. The Kier molecular flexibility index (Phi) is 13.5. The van der Waals surface area contributed by atoms with Gasteiger partial charge in [-0.05, 0) is 133 Å². The Morgan fingerprint density at radius 2 is 0.919 bits per heavy atom. The number of nitrogen functional groups attached to an aromatic ring is 3. The minimum Gasteiger partial charge on any atom is -0.426 e. The van der Waals surface area contributed by atoms with Gasteiger partial charge in [0.05, 0.1) is 17.0 Å². The van der Waals surface area contributed by atoms with Crippen LogP contribution in [0.2, 0.25) is 0 Å². The number of aromatic nitrogens is 9. The number of hydrogen-bond donors (Lipinski definition) is 9. The summed E-state index contributed by atoms with van der Waals surface area (Å²) in [7, 11) is 0. The van der Waals surface area contributed by atoms with Gasteiger partial charge in [0, 0.05) is 54.9 Å². The molecule has 0 amide bonds. The molecule has 0 unspecified atom stereocenters. The molecule has 0 atom stereocenters. The molecule has 12 N–H and O–H groups in total. The van der Waals surface area contributed by atoms with Crippen LogP contribution < -0.4 is 66.1 Å². The van der Waals surface area contributed by atoms with Crippen LogP contribution in [0.1, 0.15) is 130 Å². The molecule has 390 valence electrons. The molecule has 23 nitrogen and oxygen atoms in total. The number of anilines is 5. The van der Waals surface area contributed by atoms with E-state index in [1.165, 1.54) is 37.7 Å². The summed E-state index contributed by atoms with van der Waals surface area (Å²) in [5.74, 6) is 1.12. The van der Waals surface area contributed by atoms with Crippen molar-refractivity contribution >= 4 is 40.3 Å². The maximum absolute atomic E-state index is 13.2. The summed E-state index contributed by atoms with van der Waals surface area (Å²) in [5.41, 5.74) is 24.2. The number of nitrogens with two attached hydrogens (primary N) is 3. The molecule has 3 aliphatic carbocycles. The lowest BCUT2D eigenvalue weighted by atomic mass is 9.89.